The number of hydrogen-bond acceptors (Lipinski definition) is 3. The first kappa shape index (κ1) is 13.8. The maximum Gasteiger partial charge on any atom is 0.310 e. The van der Waals surface area contributed by atoms with Gasteiger partial charge in [0.25, 0.3) is 0 Å². The first-order chi connectivity index (χ1) is 8.57. The van der Waals surface area contributed by atoms with Gasteiger partial charge >= 0.3 is 5.97 Å². The topological polar surface area (TPSA) is 49.8 Å². The predicted octanol–water partition coefficient (Wildman–Crippen LogP) is 2.13. The van der Waals surface area contributed by atoms with Crippen molar-refractivity contribution in [3.8, 4) is 0 Å². The largest absolute Gasteiger partial charge is 0.481 e. The number of rotatable bonds is 3. The first-order valence-electron chi connectivity index (χ1n) is 7.16. The zero-order valence-corrected chi connectivity index (χ0v) is 11.5. The van der Waals surface area contributed by atoms with Crippen LogP contribution >= 0.6 is 0 Å². The Hall–Kier alpha value is -0.610. The standard InChI is InChI=1S/C14H25NO3/c1-3-14(13(16)17)6-4-7-15(10-14)12-5-8-18-11(2)9-12/h11-12H,3-10H2,1-2H3,(H,16,17). The van der Waals surface area contributed by atoms with E-state index >= 15 is 0 Å². The van der Waals surface area contributed by atoms with Crippen molar-refractivity contribution < 1.29 is 14.6 Å². The van der Waals surface area contributed by atoms with E-state index in [4.69, 9.17) is 4.74 Å². The number of hydrogen-bond donors (Lipinski definition) is 1. The molecule has 3 atom stereocenters. The van der Waals surface area contributed by atoms with Gasteiger partial charge in [0.1, 0.15) is 0 Å². The molecule has 4 nitrogen and oxygen atoms in total. The summed E-state index contributed by atoms with van der Waals surface area (Å²) in [6.45, 7) is 6.70. The summed E-state index contributed by atoms with van der Waals surface area (Å²) in [6, 6.07) is 0.513. The van der Waals surface area contributed by atoms with E-state index in [1.54, 1.807) is 0 Å². The first-order valence-corrected chi connectivity index (χ1v) is 7.16. The summed E-state index contributed by atoms with van der Waals surface area (Å²) in [5, 5.41) is 9.51. The lowest BCUT2D eigenvalue weighted by Crippen LogP contribution is -2.52. The lowest BCUT2D eigenvalue weighted by atomic mass is 9.77. The molecule has 0 spiro atoms. The Kier molecular flexibility index (Phi) is 4.28. The van der Waals surface area contributed by atoms with E-state index in [-0.39, 0.29) is 0 Å². The highest BCUT2D eigenvalue weighted by molar-refractivity contribution is 5.75. The van der Waals surface area contributed by atoms with Crippen molar-refractivity contribution in [2.24, 2.45) is 5.41 Å². The van der Waals surface area contributed by atoms with Gasteiger partial charge in [0.2, 0.25) is 0 Å². The number of likely N-dealkylation sites (tertiary alicyclic amines) is 1. The van der Waals surface area contributed by atoms with Gasteiger partial charge in [0, 0.05) is 19.2 Å². The van der Waals surface area contributed by atoms with Gasteiger partial charge in [-0.05, 0) is 45.6 Å². The SMILES string of the molecule is CCC1(C(=O)O)CCCN(C2CCOC(C)C2)C1. The molecule has 2 fully saturated rings. The Labute approximate surface area is 109 Å². The van der Waals surface area contributed by atoms with Crippen LogP contribution in [0.15, 0.2) is 0 Å². The van der Waals surface area contributed by atoms with Crippen LogP contribution in [0.5, 0.6) is 0 Å². The van der Waals surface area contributed by atoms with Crippen molar-refractivity contribution in [1.82, 2.24) is 4.90 Å². The number of carbonyl (C=O) groups is 1. The molecule has 0 amide bonds. The lowest BCUT2D eigenvalue weighted by Gasteiger charge is -2.45. The molecule has 2 rings (SSSR count). The van der Waals surface area contributed by atoms with Crippen LogP contribution in [0.1, 0.15) is 46.0 Å². The maximum atomic E-state index is 11.5. The van der Waals surface area contributed by atoms with Crippen LogP contribution in [-0.4, -0.2) is 47.8 Å². The minimum atomic E-state index is -0.616. The summed E-state index contributed by atoms with van der Waals surface area (Å²) >= 11 is 0. The molecule has 2 aliphatic heterocycles. The molecule has 3 unspecified atom stereocenters. The van der Waals surface area contributed by atoms with Crippen molar-refractivity contribution in [2.75, 3.05) is 19.7 Å². The summed E-state index contributed by atoms with van der Waals surface area (Å²) in [4.78, 5) is 14.0. The minimum Gasteiger partial charge on any atom is -0.481 e. The van der Waals surface area contributed by atoms with Gasteiger partial charge in [-0.25, -0.2) is 0 Å². The average Bonchev–Trinajstić information content (AvgIpc) is 2.38. The average molecular weight is 255 g/mol. The molecular formula is C14H25NO3. The third-order valence-corrected chi connectivity index (χ3v) is 4.71. The second kappa shape index (κ2) is 5.57. The number of piperidine rings is 1. The highest BCUT2D eigenvalue weighted by atomic mass is 16.5. The van der Waals surface area contributed by atoms with E-state index in [9.17, 15) is 9.90 Å². The van der Waals surface area contributed by atoms with Gasteiger partial charge in [-0.15, -0.1) is 0 Å². The van der Waals surface area contributed by atoms with Crippen LogP contribution in [0.4, 0.5) is 0 Å². The zero-order chi connectivity index (χ0) is 13.2. The van der Waals surface area contributed by atoms with E-state index in [0.717, 1.165) is 51.8 Å². The molecule has 0 aromatic rings. The van der Waals surface area contributed by atoms with Gasteiger partial charge in [0.15, 0.2) is 0 Å². The van der Waals surface area contributed by atoms with Crippen LogP contribution in [-0.2, 0) is 9.53 Å². The van der Waals surface area contributed by atoms with E-state index in [1.165, 1.54) is 0 Å². The second-order valence-corrected chi connectivity index (χ2v) is 5.87. The maximum absolute atomic E-state index is 11.5. The minimum absolute atomic E-state index is 0.312. The molecule has 18 heavy (non-hydrogen) atoms. The normalized spacial score (nSPS) is 38.6. The summed E-state index contributed by atoms with van der Waals surface area (Å²) in [6.07, 6.45) is 4.97. The zero-order valence-electron chi connectivity index (χ0n) is 11.5. The Bertz CT molecular complexity index is 307. The smallest absolute Gasteiger partial charge is 0.310 e. The Morgan fingerprint density at radius 1 is 1.56 bits per heavy atom. The van der Waals surface area contributed by atoms with Crippen LogP contribution < -0.4 is 0 Å². The van der Waals surface area contributed by atoms with Crippen LogP contribution in [0, 0.1) is 5.41 Å². The fraction of sp³-hybridized carbons (Fsp3) is 0.929. The van der Waals surface area contributed by atoms with E-state index < -0.39 is 11.4 Å². The van der Waals surface area contributed by atoms with Crippen LogP contribution in [0.3, 0.4) is 0 Å². The molecule has 0 bridgehead atoms. The highest BCUT2D eigenvalue weighted by Crippen LogP contribution is 2.36. The monoisotopic (exact) mass is 255 g/mol. The molecule has 2 saturated heterocycles. The van der Waals surface area contributed by atoms with Crippen molar-refractivity contribution in [3.63, 3.8) is 0 Å². The second-order valence-electron chi connectivity index (χ2n) is 5.87. The molecule has 0 saturated carbocycles. The van der Waals surface area contributed by atoms with Gasteiger partial charge in [-0.3, -0.25) is 9.69 Å². The van der Waals surface area contributed by atoms with Crippen LogP contribution in [0.25, 0.3) is 0 Å². The van der Waals surface area contributed by atoms with Gasteiger partial charge < -0.3 is 9.84 Å². The van der Waals surface area contributed by atoms with E-state index in [0.29, 0.717) is 12.1 Å². The quantitative estimate of drug-likeness (QED) is 0.839. The molecule has 1 N–H and O–H groups in total. The Morgan fingerprint density at radius 3 is 2.94 bits per heavy atom. The fourth-order valence-electron chi connectivity index (χ4n) is 3.40. The summed E-state index contributed by atoms with van der Waals surface area (Å²) in [7, 11) is 0. The van der Waals surface area contributed by atoms with Crippen molar-refractivity contribution in [2.45, 2.75) is 58.1 Å². The Morgan fingerprint density at radius 2 is 2.33 bits per heavy atom. The Balaban J connectivity index is 2.03. The molecule has 2 heterocycles. The number of aliphatic carboxylic acids is 1. The van der Waals surface area contributed by atoms with Gasteiger partial charge in [-0.2, -0.15) is 0 Å². The van der Waals surface area contributed by atoms with Gasteiger partial charge in [0.05, 0.1) is 11.5 Å². The molecule has 2 aliphatic rings. The number of nitrogens with zero attached hydrogens (tertiary/aromatic N) is 1. The summed E-state index contributed by atoms with van der Waals surface area (Å²) in [5.41, 5.74) is -0.514. The number of carboxylic acids is 1. The van der Waals surface area contributed by atoms with Crippen molar-refractivity contribution in [3.05, 3.63) is 0 Å². The molecule has 0 radical (unpaired) electrons. The third-order valence-electron chi connectivity index (χ3n) is 4.71. The highest BCUT2D eigenvalue weighted by Gasteiger charge is 2.42. The van der Waals surface area contributed by atoms with Crippen molar-refractivity contribution >= 4 is 5.97 Å². The van der Waals surface area contributed by atoms with E-state index in [2.05, 4.69) is 11.8 Å². The molecule has 0 aromatic heterocycles. The molecule has 0 aromatic carbocycles. The van der Waals surface area contributed by atoms with Crippen LogP contribution in [0.2, 0.25) is 0 Å². The predicted molar refractivity (Wildman–Crippen MR) is 69.6 cm³/mol. The van der Waals surface area contributed by atoms with Crippen molar-refractivity contribution in [1.29, 1.82) is 0 Å². The number of ether oxygens (including phenoxy) is 1. The summed E-state index contributed by atoms with van der Waals surface area (Å²) in [5.74, 6) is -0.616. The lowest BCUT2D eigenvalue weighted by molar-refractivity contribution is -0.154. The summed E-state index contributed by atoms with van der Waals surface area (Å²) < 4.78 is 5.58. The number of carboxylic acid groups (broad SMARTS) is 1. The molecule has 4 heteroatoms. The fourth-order valence-corrected chi connectivity index (χ4v) is 3.40. The molecular weight excluding hydrogens is 230 g/mol. The third kappa shape index (κ3) is 2.69. The molecule has 104 valence electrons. The van der Waals surface area contributed by atoms with Gasteiger partial charge in [-0.1, -0.05) is 6.92 Å². The van der Waals surface area contributed by atoms with E-state index in [1.807, 2.05) is 6.92 Å². The molecule has 0 aliphatic carbocycles.